The molecule has 5 rings (SSSR count). The van der Waals surface area contributed by atoms with Gasteiger partial charge >= 0.3 is 0 Å². The molecule has 0 aliphatic rings. The SMILES string of the molecule is CC(C)=O.O.O.O=[N+]([O-])c1ccc(N=Cc2c([O-])ccc3ccccc23)c(N=Cc2c([O-])ccc3ccccc23)c1.[O-2].[O-2].[U]. The van der Waals surface area contributed by atoms with Crippen molar-refractivity contribution in [3.8, 4) is 11.5 Å². The molecule has 4 N–H and O–H groups in total. The molecule has 5 aromatic carbocycles. The quantitative estimate of drug-likeness (QED) is 0.143. The summed E-state index contributed by atoms with van der Waals surface area (Å²) < 4.78 is 0. The second-order valence-corrected chi connectivity index (χ2v) is 8.75. The van der Waals surface area contributed by atoms with Crippen LogP contribution in [0.1, 0.15) is 25.0 Å². The average Bonchev–Trinajstić information content (AvgIpc) is 2.92. The Balaban J connectivity index is 0. The van der Waals surface area contributed by atoms with Crippen LogP contribution < -0.4 is 10.2 Å². The van der Waals surface area contributed by atoms with Gasteiger partial charge in [-0.2, -0.15) is 0 Å². The van der Waals surface area contributed by atoms with Gasteiger partial charge in [-0.25, -0.2) is 0 Å². The van der Waals surface area contributed by atoms with Crippen LogP contribution in [0.3, 0.4) is 0 Å². The molecular weight excluding hydrogens is 796 g/mol. The Labute approximate surface area is 276 Å². The summed E-state index contributed by atoms with van der Waals surface area (Å²) in [5, 5.41) is 39.7. The van der Waals surface area contributed by atoms with Crippen molar-refractivity contribution in [3.05, 3.63) is 112 Å². The predicted molar refractivity (Wildman–Crippen MR) is 159 cm³/mol. The zero-order valence-corrected chi connectivity index (χ0v) is 27.7. The van der Waals surface area contributed by atoms with E-state index in [0.29, 0.717) is 16.8 Å². The number of Topliss-reactive ketones (excluding diaryl/α,β-unsaturated/α-hetero) is 1. The number of ketones is 1. The number of aliphatic imine (C=N–C) groups is 2. The fourth-order valence-electron chi connectivity index (χ4n) is 3.92. The number of nitrogens with zero attached hydrogens (tertiary/aromatic N) is 3. The summed E-state index contributed by atoms with van der Waals surface area (Å²) in [6, 6.07) is 25.4. The topological polar surface area (TPSA) is 251 Å². The Morgan fingerprint density at radius 2 is 1.09 bits per heavy atom. The molecule has 0 amide bonds. The fourth-order valence-corrected chi connectivity index (χ4v) is 3.92. The number of fused-ring (bicyclic) bond motifs is 2. The van der Waals surface area contributed by atoms with E-state index in [1.54, 1.807) is 12.1 Å². The molecular formula is C31H27N3O9U-6. The summed E-state index contributed by atoms with van der Waals surface area (Å²) in [5.74, 6) is -0.235. The monoisotopic (exact) mass is 823 g/mol. The van der Waals surface area contributed by atoms with E-state index in [4.69, 9.17) is 0 Å². The van der Waals surface area contributed by atoms with Gasteiger partial charge in [-0.1, -0.05) is 84.3 Å². The molecule has 5 aromatic rings. The maximum Gasteiger partial charge on any atom is 0.271 e. The standard InChI is InChI=1S/C28H19N3O4.C3H6O.2H2O.2O.U/c32-27-13-9-18-5-1-3-7-21(18)23(27)16-29-25-12-11-20(31(34)35)15-26(25)30-17-24-22-8-4-2-6-19(22)10-14-28(24)33;1-3(2)4;;;;;/h1-17,32-33H;1-2H3;2*1H2;;;/q;;;;2*-2;/p-2. The van der Waals surface area contributed by atoms with Gasteiger partial charge in [0.05, 0.1) is 16.3 Å². The molecule has 0 bridgehead atoms. The van der Waals surface area contributed by atoms with Crippen molar-refractivity contribution in [1.82, 2.24) is 0 Å². The Hall–Kier alpha value is -4.48. The number of non-ortho nitro benzene ring substituents is 1. The zero-order valence-electron chi connectivity index (χ0n) is 23.5. The van der Waals surface area contributed by atoms with Crippen LogP contribution in [0.25, 0.3) is 21.5 Å². The Bertz CT molecular complexity index is 1770. The summed E-state index contributed by atoms with van der Waals surface area (Å²) in [7, 11) is 0. The number of rotatable bonds is 5. The van der Waals surface area contributed by atoms with Crippen molar-refractivity contribution < 1.29 is 72.9 Å². The Kier molecular flexibility index (Phi) is 17.9. The predicted octanol–water partition coefficient (Wildman–Crippen LogP) is 4.26. The van der Waals surface area contributed by atoms with Crippen molar-refractivity contribution in [2.75, 3.05) is 0 Å². The second-order valence-electron chi connectivity index (χ2n) is 8.75. The van der Waals surface area contributed by atoms with Gasteiger partial charge in [0.25, 0.3) is 5.69 Å². The van der Waals surface area contributed by atoms with E-state index in [2.05, 4.69) is 9.98 Å². The summed E-state index contributed by atoms with van der Waals surface area (Å²) in [6.07, 6.45) is 2.85. The van der Waals surface area contributed by atoms with Crippen LogP contribution in [-0.2, 0) is 15.7 Å². The van der Waals surface area contributed by atoms with E-state index >= 15 is 0 Å². The van der Waals surface area contributed by atoms with Crippen molar-refractivity contribution >= 4 is 56.8 Å². The Morgan fingerprint density at radius 3 is 1.52 bits per heavy atom. The molecule has 0 fully saturated rings. The van der Waals surface area contributed by atoms with Gasteiger partial charge in [-0.15, -0.1) is 0 Å². The van der Waals surface area contributed by atoms with Gasteiger partial charge in [0.15, 0.2) is 0 Å². The number of hydrogen-bond donors (Lipinski definition) is 0. The van der Waals surface area contributed by atoms with E-state index in [9.17, 15) is 25.1 Å². The molecule has 0 heterocycles. The summed E-state index contributed by atoms with van der Waals surface area (Å²) in [6.45, 7) is 3.06. The molecule has 0 unspecified atom stereocenters. The normalized spacial score (nSPS) is 9.86. The van der Waals surface area contributed by atoms with Gasteiger partial charge in [-0.05, 0) is 52.6 Å². The zero-order chi connectivity index (χ0) is 27.9. The third-order valence-corrected chi connectivity index (χ3v) is 5.70. The van der Waals surface area contributed by atoms with Crippen LogP contribution in [0.5, 0.6) is 11.5 Å². The number of nitro groups is 1. The fraction of sp³-hybridized carbons (Fsp3) is 0.0645. The third kappa shape index (κ3) is 10.1. The maximum atomic E-state index is 12.5. The minimum absolute atomic E-state index is 0. The average molecular weight is 824 g/mol. The first-order chi connectivity index (χ1) is 18.7. The van der Waals surface area contributed by atoms with Crippen LogP contribution in [0, 0.1) is 41.2 Å². The molecule has 0 spiro atoms. The van der Waals surface area contributed by atoms with E-state index in [-0.39, 0.29) is 81.7 Å². The van der Waals surface area contributed by atoms with Gasteiger partial charge in [-0.3, -0.25) is 20.1 Å². The smallest absolute Gasteiger partial charge is 0.271 e. The second kappa shape index (κ2) is 18.9. The molecule has 0 saturated carbocycles. The van der Waals surface area contributed by atoms with E-state index < -0.39 is 4.92 Å². The van der Waals surface area contributed by atoms with E-state index in [1.165, 1.54) is 56.6 Å². The number of carbonyl (C=O) groups is 1. The van der Waals surface area contributed by atoms with E-state index in [0.717, 1.165) is 21.5 Å². The first-order valence-corrected chi connectivity index (χ1v) is 12.0. The minimum atomic E-state index is -0.524. The van der Waals surface area contributed by atoms with Crippen LogP contribution >= 0.6 is 0 Å². The van der Waals surface area contributed by atoms with Gasteiger partial charge < -0.3 is 36.9 Å². The third-order valence-electron chi connectivity index (χ3n) is 5.70. The summed E-state index contributed by atoms with van der Waals surface area (Å²) >= 11 is 0. The molecule has 0 atom stereocenters. The molecule has 13 heteroatoms. The maximum absolute atomic E-state index is 12.5. The van der Waals surface area contributed by atoms with E-state index in [1.807, 2.05) is 48.5 Å². The molecule has 0 aliphatic heterocycles. The van der Waals surface area contributed by atoms with Crippen molar-refractivity contribution in [2.24, 2.45) is 9.98 Å². The van der Waals surface area contributed by atoms with Crippen molar-refractivity contribution in [3.63, 3.8) is 0 Å². The Morgan fingerprint density at radius 1 is 0.682 bits per heavy atom. The number of hydrogen-bond acceptors (Lipinski definition) is 7. The van der Waals surface area contributed by atoms with Crippen LogP contribution in [0.15, 0.2) is 101 Å². The first kappa shape index (κ1) is 41.7. The summed E-state index contributed by atoms with van der Waals surface area (Å²) in [4.78, 5) is 29.1. The molecule has 44 heavy (non-hydrogen) atoms. The number of nitro benzene ring substituents is 1. The molecule has 0 aliphatic carbocycles. The van der Waals surface area contributed by atoms with Gasteiger partial charge in [0.2, 0.25) is 0 Å². The van der Waals surface area contributed by atoms with Gasteiger partial charge in [0.1, 0.15) is 5.78 Å². The van der Waals surface area contributed by atoms with Crippen LogP contribution in [0.2, 0.25) is 0 Å². The molecule has 0 aromatic heterocycles. The first-order valence-electron chi connectivity index (χ1n) is 12.0. The molecule has 0 radical (unpaired) electrons. The van der Waals surface area contributed by atoms with Gasteiger partial charge in [0, 0.05) is 55.7 Å². The van der Waals surface area contributed by atoms with Crippen molar-refractivity contribution in [1.29, 1.82) is 0 Å². The number of carbonyl (C=O) groups excluding carboxylic acids is 1. The summed E-state index contributed by atoms with van der Waals surface area (Å²) in [5.41, 5.74) is 1.15. The molecule has 230 valence electrons. The largest absolute Gasteiger partial charge is 2.00 e. The van der Waals surface area contributed by atoms with Crippen molar-refractivity contribution in [2.45, 2.75) is 13.8 Å². The van der Waals surface area contributed by atoms with Crippen LogP contribution in [-0.4, -0.2) is 34.1 Å². The van der Waals surface area contributed by atoms with Crippen LogP contribution in [0.4, 0.5) is 17.1 Å². The molecule has 12 nitrogen and oxygen atoms in total. The molecule has 0 saturated heterocycles. The number of benzene rings is 5. The minimum Gasteiger partial charge on any atom is -2.00 e.